The van der Waals surface area contributed by atoms with Crippen LogP contribution in [-0.2, 0) is 0 Å². The summed E-state index contributed by atoms with van der Waals surface area (Å²) in [5.74, 6) is 1.78. The van der Waals surface area contributed by atoms with Crippen molar-refractivity contribution >= 4 is 0 Å². The number of likely N-dealkylation sites (tertiary alicyclic amines) is 1. The second-order valence-electron chi connectivity index (χ2n) is 6.07. The summed E-state index contributed by atoms with van der Waals surface area (Å²) >= 11 is 0. The van der Waals surface area contributed by atoms with Gasteiger partial charge in [-0.25, -0.2) is 0 Å². The molecule has 1 fully saturated rings. The number of nitrogens with zero attached hydrogens (tertiary/aromatic N) is 1. The van der Waals surface area contributed by atoms with Crippen molar-refractivity contribution in [2.24, 2.45) is 0 Å². The van der Waals surface area contributed by atoms with Gasteiger partial charge in [-0.3, -0.25) is 4.90 Å². The minimum absolute atomic E-state index is 0.243. The first-order valence-corrected chi connectivity index (χ1v) is 7.77. The van der Waals surface area contributed by atoms with Gasteiger partial charge >= 0.3 is 0 Å². The van der Waals surface area contributed by atoms with Gasteiger partial charge in [0, 0.05) is 30.2 Å². The molecule has 2 atom stereocenters. The molecule has 2 unspecified atom stereocenters. The van der Waals surface area contributed by atoms with Crippen molar-refractivity contribution in [2.75, 3.05) is 27.3 Å². The van der Waals surface area contributed by atoms with Gasteiger partial charge in [-0.1, -0.05) is 0 Å². The molecule has 118 valence electrons. The summed E-state index contributed by atoms with van der Waals surface area (Å²) in [5, 5.41) is 3.73. The number of rotatable bonds is 6. The molecule has 0 amide bonds. The van der Waals surface area contributed by atoms with E-state index in [9.17, 15) is 0 Å². The van der Waals surface area contributed by atoms with Crippen molar-refractivity contribution in [2.45, 2.75) is 45.3 Å². The number of methoxy groups -OCH3 is 2. The summed E-state index contributed by atoms with van der Waals surface area (Å²) in [5.41, 5.74) is 1.15. The molecule has 0 aliphatic carbocycles. The van der Waals surface area contributed by atoms with E-state index in [1.807, 2.05) is 12.1 Å². The fourth-order valence-electron chi connectivity index (χ4n) is 3.01. The van der Waals surface area contributed by atoms with Gasteiger partial charge in [0.05, 0.1) is 14.2 Å². The highest BCUT2D eigenvalue weighted by Crippen LogP contribution is 2.30. The van der Waals surface area contributed by atoms with Crippen LogP contribution in [0.5, 0.6) is 11.5 Å². The molecule has 1 aromatic carbocycles. The zero-order chi connectivity index (χ0) is 15.4. The molecule has 0 spiro atoms. The second kappa shape index (κ2) is 7.14. The molecule has 1 aliphatic heterocycles. The van der Waals surface area contributed by atoms with Crippen LogP contribution >= 0.6 is 0 Å². The molecular weight excluding hydrogens is 264 g/mol. The van der Waals surface area contributed by atoms with Gasteiger partial charge in [0.25, 0.3) is 0 Å². The second-order valence-corrected chi connectivity index (χ2v) is 6.07. The summed E-state index contributed by atoms with van der Waals surface area (Å²) in [6, 6.07) is 7.38. The van der Waals surface area contributed by atoms with Gasteiger partial charge in [0.1, 0.15) is 11.5 Å². The number of nitrogens with one attached hydrogen (secondary N) is 1. The molecular formula is C17H28N2O2. The lowest BCUT2D eigenvalue weighted by Gasteiger charge is -2.24. The Morgan fingerprint density at radius 2 is 1.95 bits per heavy atom. The summed E-state index contributed by atoms with van der Waals surface area (Å²) in [4.78, 5) is 2.52. The normalized spacial score (nSPS) is 20.8. The molecule has 0 saturated carbocycles. The highest BCUT2D eigenvalue weighted by molar-refractivity contribution is 5.42. The van der Waals surface area contributed by atoms with E-state index in [0.29, 0.717) is 12.1 Å². The van der Waals surface area contributed by atoms with E-state index in [4.69, 9.17) is 9.47 Å². The van der Waals surface area contributed by atoms with Crippen LogP contribution in [0.2, 0.25) is 0 Å². The molecule has 1 aromatic rings. The van der Waals surface area contributed by atoms with Crippen LogP contribution in [0.25, 0.3) is 0 Å². The van der Waals surface area contributed by atoms with E-state index in [1.54, 1.807) is 14.2 Å². The number of benzene rings is 1. The monoisotopic (exact) mass is 292 g/mol. The topological polar surface area (TPSA) is 33.7 Å². The lowest BCUT2D eigenvalue weighted by atomic mass is 10.1. The maximum atomic E-state index is 5.48. The minimum atomic E-state index is 0.243. The van der Waals surface area contributed by atoms with Gasteiger partial charge in [-0.2, -0.15) is 0 Å². The van der Waals surface area contributed by atoms with Crippen LogP contribution in [0.3, 0.4) is 0 Å². The number of hydrogen-bond acceptors (Lipinski definition) is 4. The molecule has 21 heavy (non-hydrogen) atoms. The maximum Gasteiger partial charge on any atom is 0.123 e. The van der Waals surface area contributed by atoms with Crippen molar-refractivity contribution in [1.82, 2.24) is 10.2 Å². The smallest absolute Gasteiger partial charge is 0.123 e. The first-order chi connectivity index (χ1) is 10.0. The Morgan fingerprint density at radius 3 is 2.52 bits per heavy atom. The third kappa shape index (κ3) is 3.89. The Bertz CT molecular complexity index is 462. The van der Waals surface area contributed by atoms with Crippen molar-refractivity contribution in [1.29, 1.82) is 0 Å². The SMILES string of the molecule is COc1ccc(OC)c(C(C)NC2CCN(C(C)C)C2)c1. The van der Waals surface area contributed by atoms with E-state index in [-0.39, 0.29) is 6.04 Å². The lowest BCUT2D eigenvalue weighted by Crippen LogP contribution is -2.36. The fourth-order valence-corrected chi connectivity index (χ4v) is 3.01. The average molecular weight is 292 g/mol. The Kier molecular flexibility index (Phi) is 5.48. The summed E-state index contributed by atoms with van der Waals surface area (Å²) in [6.07, 6.45) is 1.20. The Labute approximate surface area is 128 Å². The minimum Gasteiger partial charge on any atom is -0.497 e. The van der Waals surface area contributed by atoms with E-state index in [1.165, 1.54) is 13.0 Å². The highest BCUT2D eigenvalue weighted by atomic mass is 16.5. The van der Waals surface area contributed by atoms with Crippen molar-refractivity contribution in [3.63, 3.8) is 0 Å². The predicted molar refractivity (Wildman–Crippen MR) is 86.2 cm³/mol. The van der Waals surface area contributed by atoms with Crippen LogP contribution < -0.4 is 14.8 Å². The predicted octanol–water partition coefficient (Wildman–Crippen LogP) is 2.84. The highest BCUT2D eigenvalue weighted by Gasteiger charge is 2.26. The fraction of sp³-hybridized carbons (Fsp3) is 0.647. The van der Waals surface area contributed by atoms with E-state index in [0.717, 1.165) is 23.6 Å². The van der Waals surface area contributed by atoms with Gasteiger partial charge in [0.2, 0.25) is 0 Å². The van der Waals surface area contributed by atoms with Crippen molar-refractivity contribution in [3.05, 3.63) is 23.8 Å². The molecule has 4 nitrogen and oxygen atoms in total. The largest absolute Gasteiger partial charge is 0.497 e. The molecule has 1 aliphatic rings. The van der Waals surface area contributed by atoms with Crippen LogP contribution in [0.1, 0.15) is 38.8 Å². The zero-order valence-electron chi connectivity index (χ0n) is 13.8. The number of hydrogen-bond donors (Lipinski definition) is 1. The molecule has 1 heterocycles. The molecule has 1 N–H and O–H groups in total. The Balaban J connectivity index is 2.04. The van der Waals surface area contributed by atoms with Crippen molar-refractivity contribution in [3.8, 4) is 11.5 Å². The van der Waals surface area contributed by atoms with E-state index < -0.39 is 0 Å². The maximum absolute atomic E-state index is 5.48. The zero-order valence-corrected chi connectivity index (χ0v) is 13.8. The number of ether oxygens (including phenoxy) is 2. The van der Waals surface area contributed by atoms with E-state index >= 15 is 0 Å². The average Bonchev–Trinajstić information content (AvgIpc) is 2.95. The van der Waals surface area contributed by atoms with Crippen LogP contribution in [0, 0.1) is 0 Å². The molecule has 0 aromatic heterocycles. The Morgan fingerprint density at radius 1 is 1.19 bits per heavy atom. The quantitative estimate of drug-likeness (QED) is 0.874. The van der Waals surface area contributed by atoms with Crippen LogP contribution in [0.4, 0.5) is 0 Å². The molecule has 4 heteroatoms. The third-order valence-corrected chi connectivity index (χ3v) is 4.34. The van der Waals surface area contributed by atoms with Crippen molar-refractivity contribution < 1.29 is 9.47 Å². The molecule has 2 rings (SSSR count). The molecule has 0 bridgehead atoms. The first kappa shape index (κ1) is 16.1. The van der Waals surface area contributed by atoms with Crippen LogP contribution in [0.15, 0.2) is 18.2 Å². The summed E-state index contributed by atoms with van der Waals surface area (Å²) in [6.45, 7) is 9.01. The van der Waals surface area contributed by atoms with Crippen LogP contribution in [-0.4, -0.2) is 44.3 Å². The van der Waals surface area contributed by atoms with E-state index in [2.05, 4.69) is 37.1 Å². The first-order valence-electron chi connectivity index (χ1n) is 7.77. The van der Waals surface area contributed by atoms with Gasteiger partial charge in [-0.15, -0.1) is 0 Å². The lowest BCUT2D eigenvalue weighted by molar-refractivity contribution is 0.265. The van der Waals surface area contributed by atoms with Gasteiger partial charge in [-0.05, 0) is 51.9 Å². The van der Waals surface area contributed by atoms with Gasteiger partial charge < -0.3 is 14.8 Å². The molecule has 0 radical (unpaired) electrons. The third-order valence-electron chi connectivity index (χ3n) is 4.34. The standard InChI is InChI=1S/C17H28N2O2/c1-12(2)19-9-8-14(11-19)18-13(3)16-10-15(20-4)6-7-17(16)21-5/h6-7,10,12-14,18H,8-9,11H2,1-5H3. The summed E-state index contributed by atoms with van der Waals surface area (Å²) < 4.78 is 10.8. The Hall–Kier alpha value is -1.26. The molecule has 1 saturated heterocycles. The van der Waals surface area contributed by atoms with Gasteiger partial charge in [0.15, 0.2) is 0 Å². The summed E-state index contributed by atoms with van der Waals surface area (Å²) in [7, 11) is 3.41.